The highest BCUT2D eigenvalue weighted by Gasteiger charge is 2.24. The molecule has 1 saturated heterocycles. The van der Waals surface area contributed by atoms with E-state index >= 15 is 0 Å². The average molecular weight is 372 g/mol. The highest BCUT2D eigenvalue weighted by molar-refractivity contribution is 6.35. The lowest BCUT2D eigenvalue weighted by molar-refractivity contribution is 0.0667. The van der Waals surface area contributed by atoms with Crippen molar-refractivity contribution in [2.24, 2.45) is 0 Å². The fraction of sp³-hybridized carbons (Fsp3) is 0.300. The van der Waals surface area contributed by atoms with Gasteiger partial charge in [0.05, 0.1) is 10.6 Å². The molecule has 1 aliphatic rings. The molecule has 0 N–H and O–H groups in total. The van der Waals surface area contributed by atoms with Gasteiger partial charge in [0.15, 0.2) is 0 Å². The topological polar surface area (TPSA) is 38.1 Å². The summed E-state index contributed by atoms with van der Waals surface area (Å²) in [5.41, 5.74) is 3.33. The van der Waals surface area contributed by atoms with Crippen LogP contribution in [-0.2, 0) is 0 Å². The maximum Gasteiger partial charge on any atom is 0.255 e. The van der Waals surface area contributed by atoms with Crippen molar-refractivity contribution >= 4 is 28.5 Å². The number of pyridine rings is 1. The quantitative estimate of drug-likeness (QED) is 0.662. The first-order chi connectivity index (χ1) is 12.5. The second-order valence-electron chi connectivity index (χ2n) is 6.74. The molecule has 0 spiro atoms. The Balaban J connectivity index is 1.69. The number of hydrogen-bond acceptors (Lipinski definition) is 2. The number of alkyl halides is 1. The number of aryl methyl sites for hydroxylation is 1. The van der Waals surface area contributed by atoms with Gasteiger partial charge in [-0.15, -0.1) is 0 Å². The minimum absolute atomic E-state index is 0.120. The number of amides is 1. The summed E-state index contributed by atoms with van der Waals surface area (Å²) in [5, 5.41) is 1.28. The Bertz CT molecular complexity index is 959. The van der Waals surface area contributed by atoms with Gasteiger partial charge < -0.3 is 4.90 Å². The van der Waals surface area contributed by atoms with Gasteiger partial charge in [-0.05, 0) is 38.0 Å². The molecule has 0 unspecified atom stereocenters. The van der Waals surface area contributed by atoms with Crippen LogP contribution in [0.1, 0.15) is 28.8 Å². The molecule has 26 heavy (non-hydrogen) atoms. The first kappa shape index (κ1) is 17.0. The van der Waals surface area contributed by atoms with Crippen molar-refractivity contribution < 1.29 is 9.18 Å². The van der Waals surface area contributed by atoms with Crippen LogP contribution in [0, 0.1) is 6.92 Å². The van der Waals surface area contributed by atoms with Gasteiger partial charge in [0.1, 0.15) is 11.8 Å². The molecule has 0 atom stereocenters. The average Bonchev–Trinajstić information content (AvgIpc) is 2.99. The number of carbonyl (C=O) groups excluding carboxylic acids is 1. The Morgan fingerprint density at radius 2 is 1.92 bits per heavy atom. The van der Waals surface area contributed by atoms with Crippen molar-refractivity contribution in [2.45, 2.75) is 25.9 Å². The van der Waals surface area contributed by atoms with E-state index in [1.165, 1.54) is 5.56 Å². The molecule has 1 aromatic carbocycles. The van der Waals surface area contributed by atoms with Gasteiger partial charge in [-0.25, -0.2) is 9.37 Å². The summed E-state index contributed by atoms with van der Waals surface area (Å²) in [6, 6.07) is 9.85. The van der Waals surface area contributed by atoms with E-state index in [0.29, 0.717) is 42.2 Å². The van der Waals surface area contributed by atoms with Crippen LogP contribution in [0.2, 0.25) is 5.02 Å². The van der Waals surface area contributed by atoms with E-state index in [1.54, 1.807) is 17.2 Å². The largest absolute Gasteiger partial charge is 0.338 e. The zero-order chi connectivity index (χ0) is 18.3. The Morgan fingerprint density at radius 3 is 2.62 bits per heavy atom. The summed E-state index contributed by atoms with van der Waals surface area (Å²) < 4.78 is 15.2. The van der Waals surface area contributed by atoms with Gasteiger partial charge in [0.25, 0.3) is 5.91 Å². The minimum atomic E-state index is -0.808. The molecule has 6 heteroatoms. The lowest BCUT2D eigenvalue weighted by Crippen LogP contribution is -2.39. The third-order valence-corrected chi connectivity index (χ3v) is 5.17. The lowest BCUT2D eigenvalue weighted by atomic mass is 10.1. The van der Waals surface area contributed by atoms with Gasteiger partial charge in [-0.1, -0.05) is 29.3 Å². The molecule has 0 bridgehead atoms. The van der Waals surface area contributed by atoms with E-state index in [2.05, 4.69) is 4.98 Å². The number of aromatic nitrogens is 2. The van der Waals surface area contributed by atoms with E-state index in [-0.39, 0.29) is 5.91 Å². The first-order valence-electron chi connectivity index (χ1n) is 8.70. The van der Waals surface area contributed by atoms with Crippen LogP contribution in [0.15, 0.2) is 42.7 Å². The molecule has 2 aromatic heterocycles. The van der Waals surface area contributed by atoms with Crippen molar-refractivity contribution in [3.8, 4) is 5.69 Å². The van der Waals surface area contributed by atoms with Crippen LogP contribution in [0.25, 0.3) is 16.7 Å². The van der Waals surface area contributed by atoms with Crippen molar-refractivity contribution in [3.63, 3.8) is 0 Å². The van der Waals surface area contributed by atoms with Crippen LogP contribution < -0.4 is 0 Å². The smallest absolute Gasteiger partial charge is 0.255 e. The summed E-state index contributed by atoms with van der Waals surface area (Å²) in [4.78, 5) is 18.9. The van der Waals surface area contributed by atoms with E-state index < -0.39 is 6.17 Å². The highest BCUT2D eigenvalue weighted by Crippen LogP contribution is 2.28. The first-order valence-corrected chi connectivity index (χ1v) is 9.08. The number of piperidine rings is 1. The third kappa shape index (κ3) is 3.07. The number of benzene rings is 1. The van der Waals surface area contributed by atoms with Gasteiger partial charge in [0, 0.05) is 36.6 Å². The minimum Gasteiger partial charge on any atom is -0.338 e. The normalized spacial score (nSPS) is 15.6. The summed E-state index contributed by atoms with van der Waals surface area (Å²) in [7, 11) is 0. The van der Waals surface area contributed by atoms with Crippen LogP contribution >= 0.6 is 11.6 Å². The van der Waals surface area contributed by atoms with Crippen LogP contribution in [0.4, 0.5) is 4.39 Å². The van der Waals surface area contributed by atoms with E-state index in [0.717, 1.165) is 11.1 Å². The Kier molecular flexibility index (Phi) is 4.41. The van der Waals surface area contributed by atoms with Crippen molar-refractivity contribution in [3.05, 3.63) is 58.9 Å². The molecule has 1 aliphatic heterocycles. The van der Waals surface area contributed by atoms with E-state index in [1.807, 2.05) is 42.0 Å². The predicted molar refractivity (Wildman–Crippen MR) is 101 cm³/mol. The molecule has 1 fully saturated rings. The number of nitrogens with zero attached hydrogens (tertiary/aromatic N) is 3. The molecule has 0 aliphatic carbocycles. The summed E-state index contributed by atoms with van der Waals surface area (Å²) >= 11 is 6.41. The van der Waals surface area contributed by atoms with Crippen molar-refractivity contribution in [2.75, 3.05) is 13.1 Å². The maximum absolute atomic E-state index is 13.3. The van der Waals surface area contributed by atoms with Gasteiger partial charge in [-0.2, -0.15) is 0 Å². The monoisotopic (exact) mass is 371 g/mol. The fourth-order valence-corrected chi connectivity index (χ4v) is 3.56. The van der Waals surface area contributed by atoms with Crippen LogP contribution in [-0.4, -0.2) is 39.6 Å². The Morgan fingerprint density at radius 1 is 1.23 bits per heavy atom. The Hall–Kier alpha value is -2.40. The third-order valence-electron chi connectivity index (χ3n) is 4.87. The van der Waals surface area contributed by atoms with Gasteiger partial charge >= 0.3 is 0 Å². The van der Waals surface area contributed by atoms with Gasteiger partial charge in [-0.3, -0.25) is 9.36 Å². The van der Waals surface area contributed by atoms with E-state index in [9.17, 15) is 9.18 Å². The summed E-state index contributed by atoms with van der Waals surface area (Å²) in [5.74, 6) is -0.120. The zero-order valence-corrected chi connectivity index (χ0v) is 15.2. The van der Waals surface area contributed by atoms with E-state index in [4.69, 9.17) is 11.6 Å². The summed E-state index contributed by atoms with van der Waals surface area (Å²) in [6.45, 7) is 2.92. The highest BCUT2D eigenvalue weighted by atomic mass is 35.5. The number of hydrogen-bond donors (Lipinski definition) is 0. The molecule has 0 radical (unpaired) electrons. The SMILES string of the molecule is Cc1ccc(-n2cc(Cl)c3cc(C(=O)N4CCC(F)CC4)cnc32)cc1. The lowest BCUT2D eigenvalue weighted by Gasteiger charge is -2.28. The molecule has 4 nitrogen and oxygen atoms in total. The number of likely N-dealkylation sites (tertiary alicyclic amines) is 1. The standard InChI is InChI=1S/C20H19ClFN3O/c1-13-2-4-16(5-3-13)25-12-18(21)17-10-14(11-23-19(17)25)20(26)24-8-6-15(22)7-9-24/h2-5,10-12,15H,6-9H2,1H3. The molecule has 3 aromatic rings. The molecule has 1 amide bonds. The number of fused-ring (bicyclic) bond motifs is 1. The number of carbonyl (C=O) groups is 1. The maximum atomic E-state index is 13.3. The predicted octanol–water partition coefficient (Wildman–Crippen LogP) is 4.56. The zero-order valence-electron chi connectivity index (χ0n) is 14.5. The number of rotatable bonds is 2. The Labute approximate surface area is 156 Å². The second kappa shape index (κ2) is 6.72. The molecular weight excluding hydrogens is 353 g/mol. The van der Waals surface area contributed by atoms with Crippen molar-refractivity contribution in [1.82, 2.24) is 14.5 Å². The molecule has 4 rings (SSSR count). The molecule has 3 heterocycles. The fourth-order valence-electron chi connectivity index (χ4n) is 3.32. The van der Waals surface area contributed by atoms with Gasteiger partial charge in [0.2, 0.25) is 0 Å². The molecule has 0 saturated carbocycles. The van der Waals surface area contributed by atoms with Crippen LogP contribution in [0.5, 0.6) is 0 Å². The van der Waals surface area contributed by atoms with Crippen molar-refractivity contribution in [1.29, 1.82) is 0 Å². The molecule has 134 valence electrons. The summed E-state index contributed by atoms with van der Waals surface area (Å²) in [6.07, 6.45) is 3.37. The molecular formula is C20H19ClFN3O. The second-order valence-corrected chi connectivity index (χ2v) is 7.15. The number of halogens is 2. The van der Waals surface area contributed by atoms with Crippen LogP contribution in [0.3, 0.4) is 0 Å².